The Labute approximate surface area is 113 Å². The first-order chi connectivity index (χ1) is 8.70. The molecule has 4 nitrogen and oxygen atoms in total. The molecule has 0 aromatic carbocycles. The van der Waals surface area contributed by atoms with Crippen LogP contribution in [0.1, 0.15) is 37.6 Å². The van der Waals surface area contributed by atoms with Crippen molar-refractivity contribution in [3.8, 4) is 0 Å². The van der Waals surface area contributed by atoms with E-state index in [0.29, 0.717) is 11.9 Å². The first kappa shape index (κ1) is 13.5. The van der Waals surface area contributed by atoms with Crippen LogP contribution in [0.5, 0.6) is 0 Å². The van der Waals surface area contributed by atoms with Crippen molar-refractivity contribution in [2.45, 2.75) is 45.6 Å². The second kappa shape index (κ2) is 6.27. The minimum absolute atomic E-state index is 0.536. The third kappa shape index (κ3) is 3.28. The fourth-order valence-corrected chi connectivity index (χ4v) is 3.20. The molecule has 18 heavy (non-hydrogen) atoms. The molecular weight excluding hydrogens is 244 g/mol. The van der Waals surface area contributed by atoms with Crippen molar-refractivity contribution < 1.29 is 0 Å². The summed E-state index contributed by atoms with van der Waals surface area (Å²) < 4.78 is 0. The summed E-state index contributed by atoms with van der Waals surface area (Å²) in [7, 11) is 0. The molecule has 2 rings (SSSR count). The van der Waals surface area contributed by atoms with Gasteiger partial charge in [0.05, 0.1) is 0 Å². The molecule has 2 heterocycles. The zero-order valence-electron chi connectivity index (χ0n) is 11.2. The lowest BCUT2D eigenvalue weighted by atomic mass is 10.1. The number of nitrogen functional groups attached to an aromatic ring is 1. The van der Waals surface area contributed by atoms with Crippen LogP contribution in [-0.2, 0) is 6.42 Å². The number of aryl methyl sites for hydroxylation is 1. The molecular formula is C13H22N4S. The fourth-order valence-electron chi connectivity index (χ4n) is 2.09. The van der Waals surface area contributed by atoms with Crippen LogP contribution < -0.4 is 11.1 Å². The smallest absolute Gasteiger partial charge is 0.134 e. The highest BCUT2D eigenvalue weighted by Crippen LogP contribution is 2.23. The summed E-state index contributed by atoms with van der Waals surface area (Å²) in [4.78, 5) is 8.95. The highest BCUT2D eigenvalue weighted by Gasteiger charge is 2.16. The van der Waals surface area contributed by atoms with Gasteiger partial charge in [-0.25, -0.2) is 9.97 Å². The van der Waals surface area contributed by atoms with Crippen LogP contribution >= 0.6 is 11.8 Å². The van der Waals surface area contributed by atoms with Gasteiger partial charge in [0.25, 0.3) is 0 Å². The van der Waals surface area contributed by atoms with Crippen LogP contribution in [0.2, 0.25) is 0 Å². The van der Waals surface area contributed by atoms with Gasteiger partial charge in [-0.1, -0.05) is 6.92 Å². The van der Waals surface area contributed by atoms with E-state index in [1.54, 1.807) is 0 Å². The molecule has 1 aromatic rings. The molecule has 0 saturated carbocycles. The molecule has 0 unspecified atom stereocenters. The largest absolute Gasteiger partial charge is 0.383 e. The van der Waals surface area contributed by atoms with Crippen molar-refractivity contribution in [1.29, 1.82) is 0 Å². The number of hydrogen-bond donors (Lipinski definition) is 2. The normalized spacial score (nSPS) is 16.8. The van der Waals surface area contributed by atoms with E-state index >= 15 is 0 Å². The van der Waals surface area contributed by atoms with Crippen molar-refractivity contribution in [3.05, 3.63) is 11.4 Å². The summed E-state index contributed by atoms with van der Waals surface area (Å²) in [5.41, 5.74) is 6.94. The van der Waals surface area contributed by atoms with E-state index in [4.69, 9.17) is 5.73 Å². The molecule has 0 atom stereocenters. The number of aromatic nitrogens is 2. The van der Waals surface area contributed by atoms with Crippen molar-refractivity contribution in [2.75, 3.05) is 22.6 Å². The lowest BCUT2D eigenvalue weighted by Gasteiger charge is -2.24. The molecule has 1 fully saturated rings. The van der Waals surface area contributed by atoms with Gasteiger partial charge in [-0.15, -0.1) is 0 Å². The third-order valence-corrected chi connectivity index (χ3v) is 4.31. The number of nitrogens with zero attached hydrogens (tertiary/aromatic N) is 2. The first-order valence-electron chi connectivity index (χ1n) is 6.68. The van der Waals surface area contributed by atoms with Gasteiger partial charge in [0.15, 0.2) is 0 Å². The summed E-state index contributed by atoms with van der Waals surface area (Å²) in [6.07, 6.45) is 4.34. The van der Waals surface area contributed by atoms with E-state index in [2.05, 4.69) is 22.2 Å². The highest BCUT2D eigenvalue weighted by molar-refractivity contribution is 7.99. The van der Waals surface area contributed by atoms with Crippen molar-refractivity contribution in [1.82, 2.24) is 9.97 Å². The lowest BCUT2D eigenvalue weighted by molar-refractivity contribution is 0.661. The third-order valence-electron chi connectivity index (χ3n) is 3.27. The zero-order valence-corrected chi connectivity index (χ0v) is 12.0. The summed E-state index contributed by atoms with van der Waals surface area (Å²) in [5.74, 6) is 4.87. The number of rotatable bonds is 4. The van der Waals surface area contributed by atoms with Crippen molar-refractivity contribution >= 4 is 23.4 Å². The monoisotopic (exact) mass is 266 g/mol. The number of nitrogens with one attached hydrogen (secondary N) is 1. The highest BCUT2D eigenvalue weighted by atomic mass is 32.2. The molecule has 1 aliphatic rings. The molecule has 0 bridgehead atoms. The van der Waals surface area contributed by atoms with Gasteiger partial charge >= 0.3 is 0 Å². The Morgan fingerprint density at radius 1 is 1.33 bits per heavy atom. The van der Waals surface area contributed by atoms with Gasteiger partial charge in [-0.05, 0) is 37.7 Å². The molecule has 3 N–H and O–H groups in total. The molecule has 0 spiro atoms. The quantitative estimate of drug-likeness (QED) is 0.877. The number of nitrogens with two attached hydrogens (primary N) is 1. The summed E-state index contributed by atoms with van der Waals surface area (Å²) in [6, 6.07) is 0.536. The van der Waals surface area contributed by atoms with E-state index in [9.17, 15) is 0 Å². The standard InChI is InChI=1S/C13H22N4S/c1-3-4-11-16-12(14)9(2)13(17-11)15-10-5-7-18-8-6-10/h10H,3-8H2,1-2H3,(H3,14,15,16,17). The minimum Gasteiger partial charge on any atom is -0.383 e. The van der Waals surface area contributed by atoms with Crippen LogP contribution in [0, 0.1) is 6.92 Å². The molecule has 0 aliphatic carbocycles. The Hall–Kier alpha value is -0.970. The summed E-state index contributed by atoms with van der Waals surface area (Å²) >= 11 is 2.03. The van der Waals surface area contributed by atoms with Crippen LogP contribution in [-0.4, -0.2) is 27.5 Å². The predicted octanol–water partition coefficient (Wildman–Crippen LogP) is 2.63. The number of anilines is 2. The SMILES string of the molecule is CCCc1nc(N)c(C)c(NC2CCSCC2)n1. The van der Waals surface area contributed by atoms with Crippen molar-refractivity contribution in [3.63, 3.8) is 0 Å². The van der Waals surface area contributed by atoms with E-state index in [-0.39, 0.29) is 0 Å². The maximum absolute atomic E-state index is 5.96. The van der Waals surface area contributed by atoms with E-state index in [1.165, 1.54) is 24.3 Å². The summed E-state index contributed by atoms with van der Waals surface area (Å²) in [6.45, 7) is 4.12. The topological polar surface area (TPSA) is 63.8 Å². The van der Waals surface area contributed by atoms with Gasteiger partial charge in [-0.3, -0.25) is 0 Å². The lowest BCUT2D eigenvalue weighted by Crippen LogP contribution is -2.26. The Balaban J connectivity index is 2.14. The van der Waals surface area contributed by atoms with Gasteiger partial charge < -0.3 is 11.1 Å². The van der Waals surface area contributed by atoms with E-state index in [1.807, 2.05) is 18.7 Å². The van der Waals surface area contributed by atoms with E-state index < -0.39 is 0 Å². The zero-order chi connectivity index (χ0) is 13.0. The van der Waals surface area contributed by atoms with Crippen LogP contribution in [0.15, 0.2) is 0 Å². The van der Waals surface area contributed by atoms with Crippen LogP contribution in [0.4, 0.5) is 11.6 Å². The average molecular weight is 266 g/mol. The van der Waals surface area contributed by atoms with Crippen LogP contribution in [0.25, 0.3) is 0 Å². The Morgan fingerprint density at radius 3 is 2.72 bits per heavy atom. The van der Waals surface area contributed by atoms with Gasteiger partial charge in [0.1, 0.15) is 17.5 Å². The molecule has 5 heteroatoms. The first-order valence-corrected chi connectivity index (χ1v) is 7.83. The average Bonchev–Trinajstić information content (AvgIpc) is 2.37. The second-order valence-electron chi connectivity index (χ2n) is 4.78. The molecule has 100 valence electrons. The van der Waals surface area contributed by atoms with Crippen LogP contribution in [0.3, 0.4) is 0 Å². The Kier molecular flexibility index (Phi) is 4.69. The molecule has 1 aliphatic heterocycles. The Bertz CT molecular complexity index is 402. The minimum atomic E-state index is 0.536. The molecule has 0 radical (unpaired) electrons. The summed E-state index contributed by atoms with van der Waals surface area (Å²) in [5, 5.41) is 3.54. The second-order valence-corrected chi connectivity index (χ2v) is 6.00. The molecule has 1 saturated heterocycles. The Morgan fingerprint density at radius 2 is 2.06 bits per heavy atom. The molecule has 0 amide bonds. The van der Waals surface area contributed by atoms with E-state index in [0.717, 1.165) is 30.0 Å². The fraction of sp³-hybridized carbons (Fsp3) is 0.692. The maximum atomic E-state index is 5.96. The van der Waals surface area contributed by atoms with Gasteiger partial charge in [0, 0.05) is 18.0 Å². The maximum Gasteiger partial charge on any atom is 0.134 e. The predicted molar refractivity (Wildman–Crippen MR) is 79.1 cm³/mol. The molecule has 1 aromatic heterocycles. The van der Waals surface area contributed by atoms with Crippen molar-refractivity contribution in [2.24, 2.45) is 0 Å². The number of thioether (sulfide) groups is 1. The number of hydrogen-bond acceptors (Lipinski definition) is 5. The van der Waals surface area contributed by atoms with Gasteiger partial charge in [-0.2, -0.15) is 11.8 Å². The van der Waals surface area contributed by atoms with Gasteiger partial charge in [0.2, 0.25) is 0 Å².